The van der Waals surface area contributed by atoms with Crippen LogP contribution in [0.4, 0.5) is 0 Å². The summed E-state index contributed by atoms with van der Waals surface area (Å²) in [7, 11) is 0. The summed E-state index contributed by atoms with van der Waals surface area (Å²) in [4.78, 5) is 0. The Kier molecular flexibility index (Phi) is 3.81. The van der Waals surface area contributed by atoms with E-state index in [4.69, 9.17) is 10.5 Å². The highest BCUT2D eigenvalue weighted by Gasteiger charge is 2.28. The van der Waals surface area contributed by atoms with E-state index >= 15 is 0 Å². The van der Waals surface area contributed by atoms with Gasteiger partial charge in [0.05, 0.1) is 0 Å². The van der Waals surface area contributed by atoms with E-state index in [-0.39, 0.29) is 12.1 Å². The predicted molar refractivity (Wildman–Crippen MR) is 84.9 cm³/mol. The molecule has 2 aromatic carbocycles. The van der Waals surface area contributed by atoms with Crippen molar-refractivity contribution < 1.29 is 4.74 Å². The smallest absolute Gasteiger partial charge is 0.126 e. The molecule has 2 aromatic rings. The largest absolute Gasteiger partial charge is 0.485 e. The minimum absolute atomic E-state index is 0.0196. The van der Waals surface area contributed by atoms with Gasteiger partial charge in [-0.25, -0.2) is 0 Å². The number of nitrogens with two attached hydrogens (primary N) is 1. The molecule has 1 aliphatic rings. The molecule has 0 aliphatic carbocycles. The summed E-state index contributed by atoms with van der Waals surface area (Å²) in [6.07, 6.45) is 1.88. The maximum Gasteiger partial charge on any atom is 0.126 e. The van der Waals surface area contributed by atoms with Crippen LogP contribution in [0.25, 0.3) is 0 Å². The number of halogens is 1. The summed E-state index contributed by atoms with van der Waals surface area (Å²) in [6.45, 7) is 2.17. The quantitative estimate of drug-likeness (QED) is 0.877. The van der Waals surface area contributed by atoms with Gasteiger partial charge in [-0.2, -0.15) is 0 Å². The van der Waals surface area contributed by atoms with Gasteiger partial charge in [-0.05, 0) is 35.7 Å². The van der Waals surface area contributed by atoms with Crippen LogP contribution < -0.4 is 10.5 Å². The second-order valence-electron chi connectivity index (χ2n) is 5.18. The molecule has 0 aromatic heterocycles. The van der Waals surface area contributed by atoms with Gasteiger partial charge in [0.2, 0.25) is 0 Å². The molecule has 2 N–H and O–H groups in total. The first-order valence-corrected chi connectivity index (χ1v) is 7.78. The first kappa shape index (κ1) is 13.7. The zero-order valence-corrected chi connectivity index (χ0v) is 13.1. The van der Waals surface area contributed by atoms with Crippen molar-refractivity contribution in [3.05, 3.63) is 63.6 Å². The lowest BCUT2D eigenvalue weighted by Crippen LogP contribution is -2.24. The molecule has 0 radical (unpaired) electrons. The number of aryl methyl sites for hydroxylation is 1. The number of rotatable bonds is 2. The van der Waals surface area contributed by atoms with E-state index in [2.05, 4.69) is 53.2 Å². The van der Waals surface area contributed by atoms with Crippen LogP contribution in [0, 0.1) is 0 Å². The zero-order chi connectivity index (χ0) is 14.1. The average molecular weight is 332 g/mol. The van der Waals surface area contributed by atoms with Crippen LogP contribution in [0.1, 0.15) is 42.2 Å². The average Bonchev–Trinajstić information content (AvgIpc) is 2.47. The third-order valence-electron chi connectivity index (χ3n) is 3.89. The topological polar surface area (TPSA) is 35.2 Å². The number of hydrogen-bond donors (Lipinski definition) is 1. The molecule has 104 valence electrons. The summed E-state index contributed by atoms with van der Waals surface area (Å²) in [6, 6.07) is 14.5. The highest BCUT2D eigenvalue weighted by atomic mass is 79.9. The molecule has 0 bridgehead atoms. The maximum absolute atomic E-state index is 6.33. The third kappa shape index (κ3) is 2.48. The molecule has 3 heteroatoms. The Morgan fingerprint density at radius 1 is 1.20 bits per heavy atom. The van der Waals surface area contributed by atoms with Crippen molar-refractivity contribution in [2.45, 2.75) is 31.9 Å². The molecule has 0 saturated heterocycles. The van der Waals surface area contributed by atoms with Crippen molar-refractivity contribution in [1.82, 2.24) is 0 Å². The second kappa shape index (κ2) is 5.58. The molecule has 1 unspecified atom stereocenters. The molecular weight excluding hydrogens is 314 g/mol. The zero-order valence-electron chi connectivity index (χ0n) is 11.5. The fraction of sp³-hybridized carbons (Fsp3) is 0.294. The van der Waals surface area contributed by atoms with E-state index in [0.717, 1.165) is 28.6 Å². The van der Waals surface area contributed by atoms with E-state index in [9.17, 15) is 0 Å². The Morgan fingerprint density at radius 2 is 2.00 bits per heavy atom. The predicted octanol–water partition coefficient (Wildman–Crippen LogP) is 4.54. The summed E-state index contributed by atoms with van der Waals surface area (Å²) >= 11 is 3.49. The lowest BCUT2D eigenvalue weighted by molar-refractivity contribution is 0.160. The van der Waals surface area contributed by atoms with Gasteiger partial charge in [0.15, 0.2) is 0 Å². The number of benzene rings is 2. The molecule has 1 heterocycles. The normalized spacial score (nSPS) is 21.1. The number of ether oxygens (including phenoxy) is 1. The fourth-order valence-corrected chi connectivity index (χ4v) is 3.21. The van der Waals surface area contributed by atoms with E-state index < -0.39 is 0 Å². The molecule has 20 heavy (non-hydrogen) atoms. The highest BCUT2D eigenvalue weighted by molar-refractivity contribution is 9.10. The standard InChI is InChI=1S/C17H18BrNO/c1-2-11-5-3-4-6-13(11)17-10-15(19)14-9-12(18)7-8-16(14)20-17/h3-9,15,17H,2,10,19H2,1H3/t15-,17?/m1/s1. The van der Waals surface area contributed by atoms with Gasteiger partial charge in [0, 0.05) is 22.5 Å². The Bertz CT molecular complexity index is 626. The van der Waals surface area contributed by atoms with Gasteiger partial charge in [-0.1, -0.05) is 47.1 Å². The van der Waals surface area contributed by atoms with Gasteiger partial charge in [-0.3, -0.25) is 0 Å². The first-order chi connectivity index (χ1) is 9.69. The Balaban J connectivity index is 1.97. The fourth-order valence-electron chi connectivity index (χ4n) is 2.84. The number of hydrogen-bond acceptors (Lipinski definition) is 2. The van der Waals surface area contributed by atoms with Crippen molar-refractivity contribution in [3.63, 3.8) is 0 Å². The Labute approximate surface area is 128 Å². The molecule has 2 nitrogen and oxygen atoms in total. The van der Waals surface area contributed by atoms with Gasteiger partial charge in [0.25, 0.3) is 0 Å². The van der Waals surface area contributed by atoms with E-state index in [1.165, 1.54) is 11.1 Å². The van der Waals surface area contributed by atoms with Crippen LogP contribution in [-0.4, -0.2) is 0 Å². The first-order valence-electron chi connectivity index (χ1n) is 6.98. The van der Waals surface area contributed by atoms with Crippen LogP contribution in [0.3, 0.4) is 0 Å². The van der Waals surface area contributed by atoms with Crippen LogP contribution in [0.5, 0.6) is 5.75 Å². The molecule has 1 aliphatic heterocycles. The summed E-state index contributed by atoms with van der Waals surface area (Å²) in [5, 5.41) is 0. The molecule has 0 amide bonds. The Hall–Kier alpha value is -1.32. The van der Waals surface area contributed by atoms with Crippen LogP contribution >= 0.6 is 15.9 Å². The van der Waals surface area contributed by atoms with Crippen LogP contribution in [0.2, 0.25) is 0 Å². The van der Waals surface area contributed by atoms with Crippen molar-refractivity contribution >= 4 is 15.9 Å². The Morgan fingerprint density at radius 3 is 2.80 bits per heavy atom. The van der Waals surface area contributed by atoms with Gasteiger partial charge < -0.3 is 10.5 Å². The summed E-state index contributed by atoms with van der Waals surface area (Å²) in [5.41, 5.74) is 10.0. The molecule has 3 rings (SSSR count). The van der Waals surface area contributed by atoms with Crippen molar-refractivity contribution in [2.75, 3.05) is 0 Å². The number of fused-ring (bicyclic) bond motifs is 1. The van der Waals surface area contributed by atoms with Crippen LogP contribution in [-0.2, 0) is 6.42 Å². The van der Waals surface area contributed by atoms with Crippen molar-refractivity contribution in [3.8, 4) is 5.75 Å². The second-order valence-corrected chi connectivity index (χ2v) is 6.10. The SMILES string of the molecule is CCc1ccccc1C1C[C@@H](N)c2cc(Br)ccc2O1. The van der Waals surface area contributed by atoms with Crippen molar-refractivity contribution in [2.24, 2.45) is 5.73 Å². The van der Waals surface area contributed by atoms with Gasteiger partial charge in [-0.15, -0.1) is 0 Å². The van der Waals surface area contributed by atoms with Crippen LogP contribution in [0.15, 0.2) is 46.9 Å². The molecule has 0 saturated carbocycles. The minimum atomic E-state index is 0.0196. The lowest BCUT2D eigenvalue weighted by Gasteiger charge is -2.31. The highest BCUT2D eigenvalue weighted by Crippen LogP contribution is 2.41. The van der Waals surface area contributed by atoms with Crippen molar-refractivity contribution in [1.29, 1.82) is 0 Å². The van der Waals surface area contributed by atoms with E-state index in [0.29, 0.717) is 0 Å². The summed E-state index contributed by atoms with van der Waals surface area (Å²) in [5.74, 6) is 0.905. The van der Waals surface area contributed by atoms with E-state index in [1.807, 2.05) is 12.1 Å². The molecular formula is C17H18BrNO. The summed E-state index contributed by atoms with van der Waals surface area (Å²) < 4.78 is 7.23. The lowest BCUT2D eigenvalue weighted by atomic mass is 9.91. The third-order valence-corrected chi connectivity index (χ3v) is 4.38. The van der Waals surface area contributed by atoms with E-state index in [1.54, 1.807) is 0 Å². The monoisotopic (exact) mass is 331 g/mol. The molecule has 0 fully saturated rings. The van der Waals surface area contributed by atoms with Gasteiger partial charge in [0.1, 0.15) is 11.9 Å². The maximum atomic E-state index is 6.33. The van der Waals surface area contributed by atoms with Gasteiger partial charge >= 0.3 is 0 Å². The minimum Gasteiger partial charge on any atom is -0.485 e. The molecule has 2 atom stereocenters. The molecule has 0 spiro atoms.